The van der Waals surface area contributed by atoms with Gasteiger partial charge < -0.3 is 15.4 Å². The van der Waals surface area contributed by atoms with Gasteiger partial charge in [0.25, 0.3) is 0 Å². The molecule has 2 N–H and O–H groups in total. The molecule has 2 heterocycles. The van der Waals surface area contributed by atoms with Gasteiger partial charge in [-0.05, 0) is 0 Å². The molecule has 2 aromatic rings. The van der Waals surface area contributed by atoms with Gasteiger partial charge in [0.05, 0.1) is 12.7 Å². The Balaban J connectivity index is 1.96. The van der Waals surface area contributed by atoms with Crippen LogP contribution in [0.15, 0.2) is 18.5 Å². The summed E-state index contributed by atoms with van der Waals surface area (Å²) in [5.41, 5.74) is 0. The van der Waals surface area contributed by atoms with Gasteiger partial charge in [0.15, 0.2) is 5.82 Å². The Bertz CT molecular complexity index is 500. The first-order valence-electron chi connectivity index (χ1n) is 5.94. The summed E-state index contributed by atoms with van der Waals surface area (Å²) in [7, 11) is 3.44. The lowest BCUT2D eigenvalue weighted by Gasteiger charge is -2.09. The number of nitrogens with zero attached hydrogens (tertiary/aromatic N) is 5. The molecule has 0 aliphatic heterocycles. The van der Waals surface area contributed by atoms with Crippen LogP contribution in [0.25, 0.3) is 0 Å². The van der Waals surface area contributed by atoms with E-state index in [1.807, 2.05) is 19.3 Å². The predicted molar refractivity (Wildman–Crippen MR) is 70.8 cm³/mol. The fourth-order valence-electron chi connectivity index (χ4n) is 1.56. The van der Waals surface area contributed by atoms with Crippen LogP contribution in [0, 0.1) is 0 Å². The summed E-state index contributed by atoms with van der Waals surface area (Å²) in [4.78, 5) is 8.64. The summed E-state index contributed by atoms with van der Waals surface area (Å²) < 4.78 is 6.80. The van der Waals surface area contributed by atoms with E-state index < -0.39 is 0 Å². The highest BCUT2D eigenvalue weighted by molar-refractivity contribution is 5.47. The van der Waals surface area contributed by atoms with Gasteiger partial charge in [0, 0.05) is 33.0 Å². The van der Waals surface area contributed by atoms with Crippen LogP contribution in [0.3, 0.4) is 0 Å². The molecule has 0 aromatic carbocycles. The van der Waals surface area contributed by atoms with Gasteiger partial charge >= 0.3 is 0 Å². The molecule has 0 fully saturated rings. The molecule has 0 aliphatic carbocycles. The predicted octanol–water partition coefficient (Wildman–Crippen LogP) is 0.368. The quantitative estimate of drug-likeness (QED) is 0.745. The van der Waals surface area contributed by atoms with Crippen LogP contribution in [-0.2, 0) is 17.9 Å². The van der Waals surface area contributed by atoms with Crippen molar-refractivity contribution in [3.63, 3.8) is 0 Å². The van der Waals surface area contributed by atoms with Crippen molar-refractivity contribution in [2.24, 2.45) is 0 Å². The van der Waals surface area contributed by atoms with Crippen molar-refractivity contribution < 1.29 is 4.74 Å². The first kappa shape index (κ1) is 13.2. The molecule has 102 valence electrons. The molecule has 19 heavy (non-hydrogen) atoms. The van der Waals surface area contributed by atoms with Crippen LogP contribution >= 0.6 is 0 Å². The fourth-order valence-corrected chi connectivity index (χ4v) is 1.56. The molecule has 0 saturated carbocycles. The zero-order valence-electron chi connectivity index (χ0n) is 11.0. The molecule has 0 amide bonds. The maximum atomic E-state index is 5.04. The van der Waals surface area contributed by atoms with Crippen molar-refractivity contribution in [2.75, 3.05) is 31.3 Å². The third kappa shape index (κ3) is 3.88. The van der Waals surface area contributed by atoms with Crippen molar-refractivity contribution >= 4 is 11.6 Å². The highest BCUT2D eigenvalue weighted by atomic mass is 16.5. The summed E-state index contributed by atoms with van der Waals surface area (Å²) in [6.07, 6.45) is 3.47. The van der Waals surface area contributed by atoms with E-state index in [9.17, 15) is 0 Å². The number of anilines is 2. The Morgan fingerprint density at radius 3 is 2.84 bits per heavy atom. The first-order chi connectivity index (χ1) is 9.31. The smallest absolute Gasteiger partial charge is 0.158 e. The summed E-state index contributed by atoms with van der Waals surface area (Å²) >= 11 is 0. The standard InChI is InChI=1S/C11H17N7O/c1-12-9-7-10(16-11(15-9)8-19-2)13-3-5-18-6-4-14-17-18/h4,6-7H,3,5,8H2,1-2H3,(H2,12,13,15,16). The summed E-state index contributed by atoms with van der Waals surface area (Å²) in [6.45, 7) is 1.81. The third-order valence-corrected chi connectivity index (χ3v) is 2.42. The number of rotatable bonds is 7. The van der Waals surface area contributed by atoms with Gasteiger partial charge in [-0.25, -0.2) is 9.97 Å². The SMILES string of the molecule is CNc1cc(NCCn2ccnn2)nc(COC)n1. The molecule has 0 saturated heterocycles. The topological polar surface area (TPSA) is 89.8 Å². The number of aromatic nitrogens is 5. The van der Waals surface area contributed by atoms with Gasteiger partial charge in [0.1, 0.15) is 18.2 Å². The second-order valence-electron chi connectivity index (χ2n) is 3.83. The molecular formula is C11H17N7O. The van der Waals surface area contributed by atoms with E-state index in [1.54, 1.807) is 18.0 Å². The zero-order valence-corrected chi connectivity index (χ0v) is 11.0. The Kier molecular flexibility index (Phi) is 4.62. The number of nitrogens with one attached hydrogen (secondary N) is 2. The van der Waals surface area contributed by atoms with Crippen LogP contribution in [0.4, 0.5) is 11.6 Å². The maximum absolute atomic E-state index is 5.04. The lowest BCUT2D eigenvalue weighted by molar-refractivity contribution is 0.178. The van der Waals surface area contributed by atoms with Crippen molar-refractivity contribution in [1.82, 2.24) is 25.0 Å². The molecular weight excluding hydrogens is 246 g/mol. The molecule has 0 atom stereocenters. The lowest BCUT2D eigenvalue weighted by atomic mass is 10.4. The molecule has 0 radical (unpaired) electrons. The van der Waals surface area contributed by atoms with Crippen molar-refractivity contribution in [3.05, 3.63) is 24.3 Å². The number of ether oxygens (including phenoxy) is 1. The molecule has 2 aromatic heterocycles. The van der Waals surface area contributed by atoms with Crippen molar-refractivity contribution in [2.45, 2.75) is 13.2 Å². The summed E-state index contributed by atoms with van der Waals surface area (Å²) in [5, 5.41) is 13.9. The number of methoxy groups -OCH3 is 1. The third-order valence-electron chi connectivity index (χ3n) is 2.42. The van der Waals surface area contributed by atoms with E-state index in [-0.39, 0.29) is 0 Å². The largest absolute Gasteiger partial charge is 0.377 e. The highest BCUT2D eigenvalue weighted by Gasteiger charge is 2.03. The van der Waals surface area contributed by atoms with Gasteiger partial charge in [-0.2, -0.15) is 0 Å². The van der Waals surface area contributed by atoms with E-state index in [1.165, 1.54) is 0 Å². The fraction of sp³-hybridized carbons (Fsp3) is 0.455. The average molecular weight is 263 g/mol. The molecule has 0 unspecified atom stereocenters. The van der Waals surface area contributed by atoms with E-state index in [2.05, 4.69) is 30.9 Å². The maximum Gasteiger partial charge on any atom is 0.158 e. The minimum absolute atomic E-state index is 0.382. The monoisotopic (exact) mass is 263 g/mol. The minimum atomic E-state index is 0.382. The van der Waals surface area contributed by atoms with E-state index in [4.69, 9.17) is 4.74 Å². The van der Waals surface area contributed by atoms with Crippen LogP contribution in [-0.4, -0.2) is 45.7 Å². The normalized spacial score (nSPS) is 10.4. The molecule has 0 aliphatic rings. The Morgan fingerprint density at radius 2 is 2.16 bits per heavy atom. The Morgan fingerprint density at radius 1 is 1.32 bits per heavy atom. The van der Waals surface area contributed by atoms with Crippen LogP contribution in [0.2, 0.25) is 0 Å². The summed E-state index contributed by atoms with van der Waals surface area (Å²) in [6, 6.07) is 1.85. The van der Waals surface area contributed by atoms with Gasteiger partial charge in [-0.1, -0.05) is 5.21 Å². The van der Waals surface area contributed by atoms with Gasteiger partial charge in [-0.15, -0.1) is 5.10 Å². The van der Waals surface area contributed by atoms with E-state index >= 15 is 0 Å². The zero-order chi connectivity index (χ0) is 13.5. The molecule has 2 rings (SSSR count). The highest BCUT2D eigenvalue weighted by Crippen LogP contribution is 2.11. The van der Waals surface area contributed by atoms with Gasteiger partial charge in [-0.3, -0.25) is 4.68 Å². The Hall–Kier alpha value is -2.22. The minimum Gasteiger partial charge on any atom is -0.377 e. The summed E-state index contributed by atoms with van der Waals surface area (Å²) in [5.74, 6) is 2.15. The average Bonchev–Trinajstić information content (AvgIpc) is 2.92. The lowest BCUT2D eigenvalue weighted by Crippen LogP contribution is -2.13. The molecule has 0 bridgehead atoms. The molecule has 8 nitrogen and oxygen atoms in total. The Labute approximate surface area is 111 Å². The first-order valence-corrected chi connectivity index (χ1v) is 5.94. The van der Waals surface area contributed by atoms with Crippen molar-refractivity contribution in [3.8, 4) is 0 Å². The second-order valence-corrected chi connectivity index (χ2v) is 3.83. The van der Waals surface area contributed by atoms with Crippen molar-refractivity contribution in [1.29, 1.82) is 0 Å². The molecule has 0 spiro atoms. The number of hydrogen-bond donors (Lipinski definition) is 2. The van der Waals surface area contributed by atoms with Crippen LogP contribution < -0.4 is 10.6 Å². The van der Waals surface area contributed by atoms with Crippen LogP contribution in [0.1, 0.15) is 5.82 Å². The van der Waals surface area contributed by atoms with Crippen LogP contribution in [0.5, 0.6) is 0 Å². The number of hydrogen-bond acceptors (Lipinski definition) is 7. The van der Waals surface area contributed by atoms with Gasteiger partial charge in [0.2, 0.25) is 0 Å². The van der Waals surface area contributed by atoms with E-state index in [0.29, 0.717) is 19.0 Å². The molecule has 8 heteroatoms. The van der Waals surface area contributed by atoms with E-state index in [0.717, 1.165) is 18.2 Å². The second kappa shape index (κ2) is 6.64.